The first kappa shape index (κ1) is 13.3. The molecule has 5 nitrogen and oxygen atoms in total. The van der Waals surface area contributed by atoms with Crippen LogP contribution >= 0.6 is 0 Å². The smallest absolute Gasteiger partial charge is 0.310 e. The fourth-order valence-corrected chi connectivity index (χ4v) is 3.01. The third-order valence-electron chi connectivity index (χ3n) is 4.22. The number of carbonyl (C=O) groups is 2. The van der Waals surface area contributed by atoms with Gasteiger partial charge in [-0.25, -0.2) is 0 Å². The van der Waals surface area contributed by atoms with Crippen LogP contribution in [0.4, 0.5) is 0 Å². The molecule has 0 unspecified atom stereocenters. The van der Waals surface area contributed by atoms with Gasteiger partial charge in [0.2, 0.25) is 5.91 Å². The average molecular weight is 254 g/mol. The van der Waals surface area contributed by atoms with E-state index in [4.69, 9.17) is 0 Å². The van der Waals surface area contributed by atoms with E-state index in [2.05, 4.69) is 5.32 Å². The van der Waals surface area contributed by atoms with E-state index in [1.54, 1.807) is 4.90 Å². The number of piperazine rings is 1. The number of carbonyl (C=O) groups excluding carboxylic acids is 1. The molecule has 2 N–H and O–H groups in total. The molecule has 1 saturated carbocycles. The summed E-state index contributed by atoms with van der Waals surface area (Å²) in [6.07, 6.45) is 4.45. The van der Waals surface area contributed by atoms with Gasteiger partial charge in [-0.05, 0) is 12.8 Å². The lowest BCUT2D eigenvalue weighted by molar-refractivity contribution is -0.156. The van der Waals surface area contributed by atoms with Crippen LogP contribution < -0.4 is 5.32 Å². The van der Waals surface area contributed by atoms with Crippen molar-refractivity contribution in [2.75, 3.05) is 26.2 Å². The van der Waals surface area contributed by atoms with E-state index in [0.29, 0.717) is 25.9 Å². The van der Waals surface area contributed by atoms with Crippen molar-refractivity contribution in [1.82, 2.24) is 10.2 Å². The number of rotatable bonds is 3. The average Bonchev–Trinajstić information content (AvgIpc) is 2.40. The van der Waals surface area contributed by atoms with Gasteiger partial charge in [-0.3, -0.25) is 9.59 Å². The summed E-state index contributed by atoms with van der Waals surface area (Å²) in [4.78, 5) is 25.5. The molecule has 1 amide bonds. The van der Waals surface area contributed by atoms with E-state index in [9.17, 15) is 14.7 Å². The van der Waals surface area contributed by atoms with Gasteiger partial charge >= 0.3 is 5.97 Å². The number of aliphatic carboxylic acids is 1. The fourth-order valence-electron chi connectivity index (χ4n) is 3.01. The molecule has 2 fully saturated rings. The van der Waals surface area contributed by atoms with Crippen molar-refractivity contribution >= 4 is 11.9 Å². The predicted molar refractivity (Wildman–Crippen MR) is 67.2 cm³/mol. The van der Waals surface area contributed by atoms with E-state index in [1.807, 2.05) is 0 Å². The standard InChI is InChI=1S/C13H22N2O3/c16-11(15-8-6-14-7-9-15)10-13(12(17)18)4-2-1-3-5-13/h14H,1-10H2,(H,17,18). The molecule has 2 aliphatic rings. The topological polar surface area (TPSA) is 69.6 Å². The summed E-state index contributed by atoms with van der Waals surface area (Å²) in [5.41, 5.74) is -0.791. The number of nitrogens with one attached hydrogen (secondary N) is 1. The van der Waals surface area contributed by atoms with Crippen molar-refractivity contribution in [3.8, 4) is 0 Å². The normalized spacial score (nSPS) is 23.7. The Labute approximate surface area is 108 Å². The molecule has 18 heavy (non-hydrogen) atoms. The summed E-state index contributed by atoms with van der Waals surface area (Å²) >= 11 is 0. The van der Waals surface area contributed by atoms with Crippen LogP contribution in [0.25, 0.3) is 0 Å². The highest BCUT2D eigenvalue weighted by molar-refractivity contribution is 5.85. The van der Waals surface area contributed by atoms with Gasteiger partial charge in [0.05, 0.1) is 5.41 Å². The largest absolute Gasteiger partial charge is 0.481 e. The van der Waals surface area contributed by atoms with Gasteiger partial charge in [0.25, 0.3) is 0 Å². The molecule has 1 saturated heterocycles. The Balaban J connectivity index is 1.99. The highest BCUT2D eigenvalue weighted by Gasteiger charge is 2.42. The molecule has 0 spiro atoms. The first-order chi connectivity index (χ1) is 8.64. The minimum absolute atomic E-state index is 0.0146. The van der Waals surface area contributed by atoms with Gasteiger partial charge in [0, 0.05) is 32.6 Å². The molecular formula is C13H22N2O3. The van der Waals surface area contributed by atoms with E-state index in [-0.39, 0.29) is 12.3 Å². The van der Waals surface area contributed by atoms with Crippen LogP contribution in [0, 0.1) is 5.41 Å². The van der Waals surface area contributed by atoms with Crippen LogP contribution in [0.5, 0.6) is 0 Å². The van der Waals surface area contributed by atoms with Crippen LogP contribution in [0.3, 0.4) is 0 Å². The maximum Gasteiger partial charge on any atom is 0.310 e. The van der Waals surface area contributed by atoms with Crippen molar-refractivity contribution in [3.63, 3.8) is 0 Å². The van der Waals surface area contributed by atoms with Crippen LogP contribution in [0.15, 0.2) is 0 Å². The van der Waals surface area contributed by atoms with Crippen molar-refractivity contribution in [2.45, 2.75) is 38.5 Å². The van der Waals surface area contributed by atoms with Crippen molar-refractivity contribution in [2.24, 2.45) is 5.41 Å². The molecule has 0 aromatic heterocycles. The van der Waals surface area contributed by atoms with Crippen LogP contribution in [-0.4, -0.2) is 48.1 Å². The zero-order valence-electron chi connectivity index (χ0n) is 10.8. The Morgan fingerprint density at radius 1 is 1.11 bits per heavy atom. The molecule has 1 aliphatic heterocycles. The Hall–Kier alpha value is -1.10. The number of nitrogens with zero attached hydrogens (tertiary/aromatic N) is 1. The predicted octanol–water partition coefficient (Wildman–Crippen LogP) is 0.843. The van der Waals surface area contributed by atoms with Gasteiger partial charge in [-0.15, -0.1) is 0 Å². The van der Waals surface area contributed by atoms with E-state index in [1.165, 1.54) is 0 Å². The molecule has 102 valence electrons. The van der Waals surface area contributed by atoms with Crippen molar-refractivity contribution < 1.29 is 14.7 Å². The van der Waals surface area contributed by atoms with Crippen LogP contribution in [0.1, 0.15) is 38.5 Å². The Bertz CT molecular complexity index is 318. The Kier molecular flexibility index (Phi) is 4.22. The van der Waals surface area contributed by atoms with Gasteiger partial charge in [-0.2, -0.15) is 0 Å². The Morgan fingerprint density at radius 3 is 2.28 bits per heavy atom. The Morgan fingerprint density at radius 2 is 1.72 bits per heavy atom. The van der Waals surface area contributed by atoms with E-state index < -0.39 is 11.4 Å². The summed E-state index contributed by atoms with van der Waals surface area (Å²) in [6.45, 7) is 3.03. The minimum Gasteiger partial charge on any atom is -0.481 e. The molecule has 1 heterocycles. The van der Waals surface area contributed by atoms with Gasteiger partial charge in [0.15, 0.2) is 0 Å². The first-order valence-electron chi connectivity index (χ1n) is 6.86. The third kappa shape index (κ3) is 2.83. The highest BCUT2D eigenvalue weighted by Crippen LogP contribution is 2.40. The van der Waals surface area contributed by atoms with Crippen LogP contribution in [-0.2, 0) is 9.59 Å². The van der Waals surface area contributed by atoms with E-state index in [0.717, 1.165) is 32.4 Å². The molecule has 5 heteroatoms. The monoisotopic (exact) mass is 254 g/mol. The minimum atomic E-state index is -0.791. The third-order valence-corrected chi connectivity index (χ3v) is 4.22. The lowest BCUT2D eigenvalue weighted by atomic mass is 9.71. The second kappa shape index (κ2) is 5.69. The van der Waals surface area contributed by atoms with Crippen molar-refractivity contribution in [3.05, 3.63) is 0 Å². The molecular weight excluding hydrogens is 232 g/mol. The molecule has 0 atom stereocenters. The summed E-state index contributed by atoms with van der Waals surface area (Å²) in [7, 11) is 0. The van der Waals surface area contributed by atoms with Gasteiger partial charge in [-0.1, -0.05) is 19.3 Å². The number of hydrogen-bond acceptors (Lipinski definition) is 3. The second-order valence-corrected chi connectivity index (χ2v) is 5.45. The zero-order chi connectivity index (χ0) is 13.0. The maximum absolute atomic E-state index is 12.2. The number of carboxylic acids is 1. The summed E-state index contributed by atoms with van der Waals surface area (Å²) in [5.74, 6) is -0.772. The fraction of sp³-hybridized carbons (Fsp3) is 0.846. The zero-order valence-corrected chi connectivity index (χ0v) is 10.8. The molecule has 0 bridgehead atoms. The summed E-state index contributed by atoms with van der Waals surface area (Å²) < 4.78 is 0. The maximum atomic E-state index is 12.2. The lowest BCUT2D eigenvalue weighted by Gasteiger charge is -2.35. The molecule has 0 aromatic carbocycles. The highest BCUT2D eigenvalue weighted by atomic mass is 16.4. The number of carboxylic acid groups (broad SMARTS) is 1. The SMILES string of the molecule is O=C(CC1(C(=O)O)CCCCC1)N1CCNCC1. The lowest BCUT2D eigenvalue weighted by Crippen LogP contribution is -2.48. The molecule has 1 aliphatic carbocycles. The van der Waals surface area contributed by atoms with Gasteiger partial charge in [0.1, 0.15) is 0 Å². The van der Waals surface area contributed by atoms with Crippen molar-refractivity contribution in [1.29, 1.82) is 0 Å². The molecule has 2 rings (SSSR count). The number of amides is 1. The molecule has 0 aromatic rings. The molecule has 0 radical (unpaired) electrons. The summed E-state index contributed by atoms with van der Waals surface area (Å²) in [6, 6.07) is 0. The summed E-state index contributed by atoms with van der Waals surface area (Å²) in [5, 5.41) is 12.6. The van der Waals surface area contributed by atoms with Crippen LogP contribution in [0.2, 0.25) is 0 Å². The first-order valence-corrected chi connectivity index (χ1v) is 6.86. The number of hydrogen-bond donors (Lipinski definition) is 2. The quantitative estimate of drug-likeness (QED) is 0.783. The van der Waals surface area contributed by atoms with E-state index >= 15 is 0 Å². The second-order valence-electron chi connectivity index (χ2n) is 5.45. The van der Waals surface area contributed by atoms with Gasteiger partial charge < -0.3 is 15.3 Å².